The molecule has 104 valence electrons. The molecule has 4 heteroatoms. The lowest BCUT2D eigenvalue weighted by molar-refractivity contribution is 0.119. The standard InChI is InChI=1S/C16H19BO3/c18-17(19)16-10-4-8-15(12-16)13-20-11-5-9-14-6-2-1-3-7-14/h1-4,6-8,10,12,18-19H,5,9,11,13H2. The van der Waals surface area contributed by atoms with Crippen LogP contribution in [0.3, 0.4) is 0 Å². The summed E-state index contributed by atoms with van der Waals surface area (Å²) in [5.74, 6) is 0. The maximum Gasteiger partial charge on any atom is 0.488 e. The van der Waals surface area contributed by atoms with Crippen LogP contribution in [-0.2, 0) is 17.8 Å². The summed E-state index contributed by atoms with van der Waals surface area (Å²) in [4.78, 5) is 0. The van der Waals surface area contributed by atoms with E-state index in [1.54, 1.807) is 18.2 Å². The third-order valence-electron chi connectivity index (χ3n) is 3.11. The van der Waals surface area contributed by atoms with Crippen LogP contribution in [0.5, 0.6) is 0 Å². The Kier molecular flexibility index (Phi) is 5.80. The number of benzene rings is 2. The third-order valence-corrected chi connectivity index (χ3v) is 3.11. The van der Waals surface area contributed by atoms with Crippen molar-refractivity contribution in [1.82, 2.24) is 0 Å². The van der Waals surface area contributed by atoms with Gasteiger partial charge in [0.05, 0.1) is 6.61 Å². The Labute approximate surface area is 120 Å². The van der Waals surface area contributed by atoms with E-state index in [4.69, 9.17) is 14.8 Å². The van der Waals surface area contributed by atoms with Crippen molar-refractivity contribution in [3.05, 3.63) is 65.7 Å². The lowest BCUT2D eigenvalue weighted by atomic mass is 9.80. The zero-order chi connectivity index (χ0) is 14.2. The van der Waals surface area contributed by atoms with Gasteiger partial charge in [-0.3, -0.25) is 0 Å². The zero-order valence-corrected chi connectivity index (χ0v) is 11.4. The fourth-order valence-corrected chi connectivity index (χ4v) is 2.06. The fraction of sp³-hybridized carbons (Fsp3) is 0.250. The van der Waals surface area contributed by atoms with Gasteiger partial charge >= 0.3 is 7.12 Å². The van der Waals surface area contributed by atoms with Crippen molar-refractivity contribution in [2.75, 3.05) is 6.61 Å². The number of hydrogen-bond acceptors (Lipinski definition) is 3. The molecule has 0 unspecified atom stereocenters. The van der Waals surface area contributed by atoms with Crippen LogP contribution in [0.4, 0.5) is 0 Å². The van der Waals surface area contributed by atoms with Crippen molar-refractivity contribution in [2.45, 2.75) is 19.4 Å². The molecule has 2 aromatic rings. The second-order valence-corrected chi connectivity index (χ2v) is 4.76. The highest BCUT2D eigenvalue weighted by Gasteiger charge is 2.10. The molecule has 0 saturated carbocycles. The molecule has 0 fully saturated rings. The summed E-state index contributed by atoms with van der Waals surface area (Å²) in [5.41, 5.74) is 2.77. The Morgan fingerprint density at radius 1 is 0.900 bits per heavy atom. The minimum atomic E-state index is -1.42. The van der Waals surface area contributed by atoms with E-state index in [1.807, 2.05) is 24.3 Å². The third kappa shape index (κ3) is 4.81. The van der Waals surface area contributed by atoms with Crippen molar-refractivity contribution < 1.29 is 14.8 Å². The molecular formula is C16H19BO3. The summed E-state index contributed by atoms with van der Waals surface area (Å²) < 4.78 is 5.61. The van der Waals surface area contributed by atoms with E-state index in [2.05, 4.69) is 12.1 Å². The van der Waals surface area contributed by atoms with Crippen LogP contribution < -0.4 is 5.46 Å². The molecule has 20 heavy (non-hydrogen) atoms. The SMILES string of the molecule is OB(O)c1cccc(COCCCc2ccccc2)c1. The van der Waals surface area contributed by atoms with Gasteiger partial charge in [0.1, 0.15) is 0 Å². The zero-order valence-electron chi connectivity index (χ0n) is 11.4. The molecule has 2 rings (SSSR count). The average Bonchev–Trinajstić information content (AvgIpc) is 2.48. The monoisotopic (exact) mass is 270 g/mol. The van der Waals surface area contributed by atoms with Crippen LogP contribution in [0.1, 0.15) is 17.5 Å². The van der Waals surface area contributed by atoms with Gasteiger partial charge in [-0.1, -0.05) is 54.6 Å². The Balaban J connectivity index is 1.69. The number of aryl methyl sites for hydroxylation is 1. The molecule has 2 aromatic carbocycles. The Morgan fingerprint density at radius 3 is 2.40 bits per heavy atom. The molecule has 0 bridgehead atoms. The molecule has 0 aromatic heterocycles. The lowest BCUT2D eigenvalue weighted by Crippen LogP contribution is -2.29. The summed E-state index contributed by atoms with van der Waals surface area (Å²) in [6.07, 6.45) is 1.99. The fourth-order valence-electron chi connectivity index (χ4n) is 2.06. The lowest BCUT2D eigenvalue weighted by Gasteiger charge is -2.06. The van der Waals surface area contributed by atoms with Crippen molar-refractivity contribution in [1.29, 1.82) is 0 Å². The minimum Gasteiger partial charge on any atom is -0.423 e. The topological polar surface area (TPSA) is 49.7 Å². The maximum absolute atomic E-state index is 9.10. The summed E-state index contributed by atoms with van der Waals surface area (Å²) in [5, 5.41) is 18.2. The van der Waals surface area contributed by atoms with Gasteiger partial charge in [0.15, 0.2) is 0 Å². The highest BCUT2D eigenvalue weighted by atomic mass is 16.5. The molecule has 0 atom stereocenters. The summed E-state index contributed by atoms with van der Waals surface area (Å²) in [6, 6.07) is 17.5. The smallest absolute Gasteiger partial charge is 0.423 e. The highest BCUT2D eigenvalue weighted by molar-refractivity contribution is 6.58. The first-order chi connectivity index (χ1) is 9.75. The predicted molar refractivity (Wildman–Crippen MR) is 80.7 cm³/mol. The van der Waals surface area contributed by atoms with E-state index >= 15 is 0 Å². The second-order valence-electron chi connectivity index (χ2n) is 4.76. The molecule has 0 spiro atoms. The van der Waals surface area contributed by atoms with Crippen molar-refractivity contribution in [3.63, 3.8) is 0 Å². The molecular weight excluding hydrogens is 251 g/mol. The average molecular weight is 270 g/mol. The Hall–Kier alpha value is -1.62. The van der Waals surface area contributed by atoms with Crippen molar-refractivity contribution in [3.8, 4) is 0 Å². The first-order valence-corrected chi connectivity index (χ1v) is 6.82. The summed E-state index contributed by atoms with van der Waals surface area (Å²) in [7, 11) is -1.42. The first-order valence-electron chi connectivity index (χ1n) is 6.82. The van der Waals surface area contributed by atoms with Gasteiger partial charge in [-0.25, -0.2) is 0 Å². The van der Waals surface area contributed by atoms with Gasteiger partial charge in [0.25, 0.3) is 0 Å². The van der Waals surface area contributed by atoms with E-state index in [0.29, 0.717) is 18.7 Å². The van der Waals surface area contributed by atoms with Gasteiger partial charge in [-0.05, 0) is 29.4 Å². The summed E-state index contributed by atoms with van der Waals surface area (Å²) >= 11 is 0. The van der Waals surface area contributed by atoms with Crippen LogP contribution in [-0.4, -0.2) is 23.8 Å². The minimum absolute atomic E-state index is 0.495. The van der Waals surface area contributed by atoms with Crippen LogP contribution in [0.2, 0.25) is 0 Å². The number of hydrogen-bond donors (Lipinski definition) is 2. The van der Waals surface area contributed by atoms with E-state index in [-0.39, 0.29) is 0 Å². The van der Waals surface area contributed by atoms with Gasteiger partial charge in [-0.2, -0.15) is 0 Å². The van der Waals surface area contributed by atoms with E-state index in [1.165, 1.54) is 5.56 Å². The van der Waals surface area contributed by atoms with Crippen LogP contribution in [0.15, 0.2) is 54.6 Å². The molecule has 0 aliphatic heterocycles. The summed E-state index contributed by atoms with van der Waals surface area (Å²) in [6.45, 7) is 1.19. The molecule has 0 saturated heterocycles. The predicted octanol–water partition coefficient (Wildman–Crippen LogP) is 1.52. The van der Waals surface area contributed by atoms with Gasteiger partial charge in [0, 0.05) is 6.61 Å². The van der Waals surface area contributed by atoms with Gasteiger partial charge in [-0.15, -0.1) is 0 Å². The van der Waals surface area contributed by atoms with E-state index < -0.39 is 7.12 Å². The molecule has 0 heterocycles. The van der Waals surface area contributed by atoms with Gasteiger partial charge in [0.2, 0.25) is 0 Å². The second kappa shape index (κ2) is 7.85. The molecule has 0 aliphatic rings. The molecule has 0 radical (unpaired) electrons. The van der Waals surface area contributed by atoms with E-state index in [0.717, 1.165) is 18.4 Å². The molecule has 0 amide bonds. The Morgan fingerprint density at radius 2 is 1.65 bits per heavy atom. The maximum atomic E-state index is 9.10. The molecule has 3 nitrogen and oxygen atoms in total. The molecule has 0 aliphatic carbocycles. The largest absolute Gasteiger partial charge is 0.488 e. The highest BCUT2D eigenvalue weighted by Crippen LogP contribution is 2.04. The van der Waals surface area contributed by atoms with Crippen LogP contribution in [0.25, 0.3) is 0 Å². The van der Waals surface area contributed by atoms with Gasteiger partial charge < -0.3 is 14.8 Å². The Bertz CT molecular complexity index is 514. The number of rotatable bonds is 7. The van der Waals surface area contributed by atoms with Crippen LogP contribution >= 0.6 is 0 Å². The van der Waals surface area contributed by atoms with E-state index in [9.17, 15) is 0 Å². The van der Waals surface area contributed by atoms with Crippen molar-refractivity contribution >= 4 is 12.6 Å². The first kappa shape index (κ1) is 14.8. The van der Waals surface area contributed by atoms with Crippen LogP contribution in [0, 0.1) is 0 Å². The van der Waals surface area contributed by atoms with Crippen molar-refractivity contribution in [2.24, 2.45) is 0 Å². The number of ether oxygens (including phenoxy) is 1. The normalized spacial score (nSPS) is 10.5. The molecule has 2 N–H and O–H groups in total. The quantitative estimate of drug-likeness (QED) is 0.592.